The fourth-order valence-corrected chi connectivity index (χ4v) is 3.54. The molecule has 0 bridgehead atoms. The predicted molar refractivity (Wildman–Crippen MR) is 85.1 cm³/mol. The van der Waals surface area contributed by atoms with Gasteiger partial charge in [0.2, 0.25) is 0 Å². The van der Waals surface area contributed by atoms with Gasteiger partial charge in [0.05, 0.1) is 0 Å². The topological polar surface area (TPSA) is 12.0 Å². The van der Waals surface area contributed by atoms with Crippen LogP contribution in [0.3, 0.4) is 0 Å². The van der Waals surface area contributed by atoms with Crippen molar-refractivity contribution in [3.05, 3.63) is 56.8 Å². The summed E-state index contributed by atoms with van der Waals surface area (Å²) in [7, 11) is 0. The Labute approximate surface area is 120 Å². The highest BCUT2D eigenvalue weighted by Crippen LogP contribution is 2.26. The molecule has 1 N–H and O–H groups in total. The van der Waals surface area contributed by atoms with Gasteiger partial charge < -0.3 is 5.32 Å². The molecule has 0 fully saturated rings. The van der Waals surface area contributed by atoms with Crippen molar-refractivity contribution < 1.29 is 0 Å². The number of benzene rings is 1. The summed E-state index contributed by atoms with van der Waals surface area (Å²) in [5.74, 6) is 0. The zero-order valence-corrected chi connectivity index (χ0v) is 13.1. The van der Waals surface area contributed by atoms with Crippen LogP contribution in [0.25, 0.3) is 0 Å². The van der Waals surface area contributed by atoms with Gasteiger partial charge in [-0.15, -0.1) is 11.3 Å². The Kier molecular flexibility index (Phi) is 4.78. The molecule has 1 unspecified atom stereocenters. The van der Waals surface area contributed by atoms with Gasteiger partial charge in [0.25, 0.3) is 0 Å². The molecule has 2 aromatic rings. The highest BCUT2D eigenvalue weighted by molar-refractivity contribution is 7.12. The molecule has 2 rings (SSSR count). The zero-order valence-electron chi connectivity index (χ0n) is 12.3. The first kappa shape index (κ1) is 14.3. The highest BCUT2D eigenvalue weighted by atomic mass is 32.1. The molecule has 0 spiro atoms. The summed E-state index contributed by atoms with van der Waals surface area (Å²) < 4.78 is 0. The van der Waals surface area contributed by atoms with Crippen LogP contribution in [-0.2, 0) is 6.42 Å². The fourth-order valence-electron chi connectivity index (χ4n) is 2.58. The number of likely N-dealkylation sites (N-methyl/N-ethyl adjacent to an activating group) is 1. The van der Waals surface area contributed by atoms with Crippen molar-refractivity contribution in [2.24, 2.45) is 0 Å². The molecule has 1 aromatic heterocycles. The molecule has 0 aliphatic heterocycles. The lowest BCUT2D eigenvalue weighted by Gasteiger charge is -2.17. The molecule has 0 radical (unpaired) electrons. The van der Waals surface area contributed by atoms with E-state index in [1.807, 2.05) is 11.3 Å². The van der Waals surface area contributed by atoms with Gasteiger partial charge in [-0.1, -0.05) is 36.2 Å². The molecule has 0 saturated heterocycles. The number of hydrogen-bond acceptors (Lipinski definition) is 2. The second-order valence-electron chi connectivity index (χ2n) is 5.26. The maximum atomic E-state index is 3.61. The number of rotatable bonds is 5. The van der Waals surface area contributed by atoms with Crippen molar-refractivity contribution in [1.82, 2.24) is 5.32 Å². The van der Waals surface area contributed by atoms with Gasteiger partial charge in [-0.25, -0.2) is 0 Å². The van der Waals surface area contributed by atoms with Gasteiger partial charge in [-0.2, -0.15) is 0 Å². The van der Waals surface area contributed by atoms with Crippen LogP contribution < -0.4 is 5.32 Å². The summed E-state index contributed by atoms with van der Waals surface area (Å²) in [4.78, 5) is 2.83. The van der Waals surface area contributed by atoms with Crippen LogP contribution >= 0.6 is 11.3 Å². The van der Waals surface area contributed by atoms with E-state index in [0.717, 1.165) is 13.0 Å². The smallest absolute Gasteiger partial charge is 0.0455 e. The minimum Gasteiger partial charge on any atom is -0.309 e. The van der Waals surface area contributed by atoms with Gasteiger partial charge in [0.15, 0.2) is 0 Å². The average molecular weight is 273 g/mol. The van der Waals surface area contributed by atoms with Gasteiger partial charge in [-0.05, 0) is 51.4 Å². The third kappa shape index (κ3) is 3.92. The molecule has 19 heavy (non-hydrogen) atoms. The van der Waals surface area contributed by atoms with E-state index in [1.54, 1.807) is 0 Å². The molecule has 102 valence electrons. The molecule has 1 nitrogen and oxygen atoms in total. The first-order chi connectivity index (χ1) is 9.08. The van der Waals surface area contributed by atoms with E-state index < -0.39 is 0 Å². The Hall–Kier alpha value is -1.12. The number of aryl methyl sites for hydroxylation is 3. The summed E-state index contributed by atoms with van der Waals surface area (Å²) in [6, 6.07) is 11.8. The Morgan fingerprint density at radius 2 is 1.74 bits per heavy atom. The number of hydrogen-bond donors (Lipinski definition) is 1. The van der Waals surface area contributed by atoms with Crippen LogP contribution in [0.15, 0.2) is 30.3 Å². The lowest BCUT2D eigenvalue weighted by atomic mass is 10.0. The van der Waals surface area contributed by atoms with Crippen LogP contribution in [-0.4, -0.2) is 6.54 Å². The molecule has 1 heterocycles. The monoisotopic (exact) mass is 273 g/mol. The summed E-state index contributed by atoms with van der Waals surface area (Å²) in [6.07, 6.45) is 1.07. The number of thiophene rings is 1. The van der Waals surface area contributed by atoms with Crippen LogP contribution in [0.1, 0.15) is 39.4 Å². The molecule has 0 aliphatic carbocycles. The summed E-state index contributed by atoms with van der Waals surface area (Å²) >= 11 is 1.90. The summed E-state index contributed by atoms with van der Waals surface area (Å²) in [6.45, 7) is 9.71. The Morgan fingerprint density at radius 1 is 1.05 bits per heavy atom. The van der Waals surface area contributed by atoms with E-state index in [4.69, 9.17) is 0 Å². The highest BCUT2D eigenvalue weighted by Gasteiger charge is 2.13. The minimum absolute atomic E-state index is 0.435. The van der Waals surface area contributed by atoms with Crippen molar-refractivity contribution in [3.8, 4) is 0 Å². The maximum absolute atomic E-state index is 3.61. The van der Waals surface area contributed by atoms with Gasteiger partial charge in [0, 0.05) is 15.8 Å². The molecule has 0 aliphatic rings. The predicted octanol–water partition coefficient (Wildman–Crippen LogP) is 4.57. The van der Waals surface area contributed by atoms with Crippen LogP contribution in [0, 0.1) is 20.8 Å². The van der Waals surface area contributed by atoms with Crippen LogP contribution in [0.2, 0.25) is 0 Å². The summed E-state index contributed by atoms with van der Waals surface area (Å²) in [5, 5.41) is 3.61. The Bertz CT molecular complexity index is 522. The molecule has 0 saturated carbocycles. The largest absolute Gasteiger partial charge is 0.309 e. The van der Waals surface area contributed by atoms with Crippen molar-refractivity contribution in [2.75, 3.05) is 6.54 Å². The third-order valence-corrected chi connectivity index (χ3v) is 4.39. The first-order valence-corrected chi connectivity index (χ1v) is 7.77. The van der Waals surface area contributed by atoms with E-state index >= 15 is 0 Å². The Balaban J connectivity index is 2.20. The third-order valence-electron chi connectivity index (χ3n) is 3.28. The van der Waals surface area contributed by atoms with E-state index in [9.17, 15) is 0 Å². The second kappa shape index (κ2) is 6.36. The van der Waals surface area contributed by atoms with Gasteiger partial charge in [0.1, 0.15) is 0 Å². The molecular formula is C17H23NS. The molecular weight excluding hydrogens is 250 g/mol. The minimum atomic E-state index is 0.435. The lowest BCUT2D eigenvalue weighted by Crippen LogP contribution is -2.22. The van der Waals surface area contributed by atoms with Crippen LogP contribution in [0.5, 0.6) is 0 Å². The molecule has 2 heteroatoms. The quantitative estimate of drug-likeness (QED) is 0.841. The van der Waals surface area contributed by atoms with E-state index in [-0.39, 0.29) is 0 Å². The average Bonchev–Trinajstić information content (AvgIpc) is 2.74. The fraction of sp³-hybridized carbons (Fsp3) is 0.412. The SMILES string of the molecule is CCNC(Cc1cc(C)cc(C)c1)c1ccc(C)s1. The lowest BCUT2D eigenvalue weighted by molar-refractivity contribution is 0.558. The molecule has 1 atom stereocenters. The molecule has 1 aromatic carbocycles. The van der Waals surface area contributed by atoms with E-state index in [1.165, 1.54) is 26.4 Å². The van der Waals surface area contributed by atoms with Gasteiger partial charge in [-0.3, -0.25) is 0 Å². The second-order valence-corrected chi connectivity index (χ2v) is 6.58. The maximum Gasteiger partial charge on any atom is 0.0455 e. The normalized spacial score (nSPS) is 12.6. The summed E-state index contributed by atoms with van der Waals surface area (Å²) in [5.41, 5.74) is 4.13. The zero-order chi connectivity index (χ0) is 13.8. The van der Waals surface area contributed by atoms with Crippen LogP contribution in [0.4, 0.5) is 0 Å². The van der Waals surface area contributed by atoms with Crippen molar-refractivity contribution in [3.63, 3.8) is 0 Å². The molecule has 0 amide bonds. The first-order valence-electron chi connectivity index (χ1n) is 6.95. The van der Waals surface area contributed by atoms with Crippen molar-refractivity contribution in [2.45, 2.75) is 40.2 Å². The van der Waals surface area contributed by atoms with Crippen molar-refractivity contribution in [1.29, 1.82) is 0 Å². The van der Waals surface area contributed by atoms with E-state index in [2.05, 4.69) is 63.3 Å². The van der Waals surface area contributed by atoms with Crippen molar-refractivity contribution >= 4 is 11.3 Å². The standard InChI is InChI=1S/C17H23NS/c1-5-18-16(17-7-6-14(4)19-17)11-15-9-12(2)8-13(3)10-15/h6-10,16,18H,5,11H2,1-4H3. The van der Waals surface area contributed by atoms with E-state index in [0.29, 0.717) is 6.04 Å². The van der Waals surface area contributed by atoms with Gasteiger partial charge >= 0.3 is 0 Å². The Morgan fingerprint density at radius 3 is 2.26 bits per heavy atom. The number of nitrogens with one attached hydrogen (secondary N) is 1.